The average molecular weight is 352 g/mol. The Morgan fingerprint density at radius 3 is 2.67 bits per heavy atom. The van der Waals surface area contributed by atoms with Crippen molar-refractivity contribution in [2.75, 3.05) is 30.3 Å². The second kappa shape index (κ2) is 8.23. The Morgan fingerprint density at radius 1 is 1.25 bits per heavy atom. The maximum absolute atomic E-state index is 11.9. The van der Waals surface area contributed by atoms with Gasteiger partial charge in [-0.15, -0.1) is 10.2 Å². The van der Waals surface area contributed by atoms with Crippen molar-refractivity contribution in [2.24, 2.45) is 5.92 Å². The van der Waals surface area contributed by atoms with E-state index in [0.29, 0.717) is 11.8 Å². The lowest BCUT2D eigenvalue weighted by molar-refractivity contribution is -0.118. The third-order valence-electron chi connectivity index (χ3n) is 4.81. The summed E-state index contributed by atoms with van der Waals surface area (Å²) in [7, 11) is 0. The summed E-state index contributed by atoms with van der Waals surface area (Å²) < 4.78 is 2.28. The molecule has 24 heavy (non-hydrogen) atoms. The Bertz CT molecular complexity index is 549. The van der Waals surface area contributed by atoms with E-state index in [1.165, 1.54) is 37.4 Å². The summed E-state index contributed by atoms with van der Waals surface area (Å²) >= 11 is 1.52. The molecule has 1 N–H and O–H groups in total. The molecule has 2 aliphatic rings. The number of anilines is 1. The molecule has 7 heteroatoms. The standard InChI is InChI=1S/C17H29N5OS/c1-3-4-9-18-15(23)12-24-17-20-19-16(22(17)14-5-6-14)21-10-7-13(2)8-11-21/h13-14H,3-12H2,1-2H3,(H,18,23). The number of nitrogens with zero attached hydrogens (tertiary/aromatic N) is 4. The van der Waals surface area contributed by atoms with Gasteiger partial charge in [-0.1, -0.05) is 32.0 Å². The molecule has 3 rings (SSSR count). The fraction of sp³-hybridized carbons (Fsp3) is 0.824. The smallest absolute Gasteiger partial charge is 0.230 e. The molecule has 6 nitrogen and oxygen atoms in total. The first-order valence-electron chi connectivity index (χ1n) is 9.28. The molecule has 134 valence electrons. The summed E-state index contributed by atoms with van der Waals surface area (Å²) in [5.41, 5.74) is 0. The van der Waals surface area contributed by atoms with Gasteiger partial charge in [0.25, 0.3) is 0 Å². The second-order valence-corrected chi connectivity index (χ2v) is 7.99. The number of thioether (sulfide) groups is 1. The number of unbranched alkanes of at least 4 members (excludes halogenated alkanes) is 1. The van der Waals surface area contributed by atoms with Gasteiger partial charge in [0.1, 0.15) is 0 Å². The molecule has 1 aliphatic carbocycles. The molecule has 2 heterocycles. The number of aromatic nitrogens is 3. The topological polar surface area (TPSA) is 63.1 Å². The van der Waals surface area contributed by atoms with E-state index in [1.807, 2.05) is 0 Å². The summed E-state index contributed by atoms with van der Waals surface area (Å²) in [6.45, 7) is 7.34. The lowest BCUT2D eigenvalue weighted by Gasteiger charge is -2.31. The van der Waals surface area contributed by atoms with Crippen LogP contribution in [0, 0.1) is 5.92 Å². The Kier molecular flexibility index (Phi) is 6.03. The van der Waals surface area contributed by atoms with Crippen molar-refractivity contribution >= 4 is 23.6 Å². The van der Waals surface area contributed by atoms with E-state index in [0.717, 1.165) is 49.5 Å². The van der Waals surface area contributed by atoms with E-state index in [-0.39, 0.29) is 5.91 Å². The maximum atomic E-state index is 11.9. The van der Waals surface area contributed by atoms with Crippen LogP contribution in [0.2, 0.25) is 0 Å². The molecule has 1 amide bonds. The van der Waals surface area contributed by atoms with Crippen LogP contribution >= 0.6 is 11.8 Å². The first-order valence-corrected chi connectivity index (χ1v) is 10.3. The summed E-state index contributed by atoms with van der Waals surface area (Å²) in [5.74, 6) is 2.33. The number of hydrogen-bond donors (Lipinski definition) is 1. The first kappa shape index (κ1) is 17.6. The minimum atomic E-state index is 0.0899. The monoisotopic (exact) mass is 351 g/mol. The van der Waals surface area contributed by atoms with Crippen LogP contribution in [-0.4, -0.2) is 46.1 Å². The predicted octanol–water partition coefficient (Wildman–Crippen LogP) is 2.86. The van der Waals surface area contributed by atoms with Crippen molar-refractivity contribution < 1.29 is 4.79 Å². The quantitative estimate of drug-likeness (QED) is 0.576. The van der Waals surface area contributed by atoms with Crippen molar-refractivity contribution in [3.05, 3.63) is 0 Å². The summed E-state index contributed by atoms with van der Waals surface area (Å²) in [5, 5.41) is 12.7. The SMILES string of the molecule is CCCCNC(=O)CSc1nnc(N2CCC(C)CC2)n1C1CC1. The first-order chi connectivity index (χ1) is 11.7. The number of nitrogens with one attached hydrogen (secondary N) is 1. The molecule has 1 aromatic heterocycles. The molecule has 0 radical (unpaired) electrons. The van der Waals surface area contributed by atoms with E-state index in [1.54, 1.807) is 0 Å². The Balaban J connectivity index is 1.61. The molecule has 1 aromatic rings. The Labute approximate surface area is 148 Å². The summed E-state index contributed by atoms with van der Waals surface area (Å²) in [6.07, 6.45) is 6.98. The summed E-state index contributed by atoms with van der Waals surface area (Å²) in [6, 6.07) is 0.528. The highest BCUT2D eigenvalue weighted by Gasteiger charge is 2.32. The van der Waals surface area contributed by atoms with Gasteiger partial charge in [0, 0.05) is 25.7 Å². The van der Waals surface area contributed by atoms with Crippen LogP contribution in [0.1, 0.15) is 58.4 Å². The summed E-state index contributed by atoms with van der Waals surface area (Å²) in [4.78, 5) is 14.3. The lowest BCUT2D eigenvalue weighted by atomic mass is 10.00. The van der Waals surface area contributed by atoms with E-state index >= 15 is 0 Å². The zero-order chi connectivity index (χ0) is 16.9. The fourth-order valence-electron chi connectivity index (χ4n) is 3.03. The van der Waals surface area contributed by atoms with Crippen LogP contribution in [0.15, 0.2) is 5.16 Å². The molecular weight excluding hydrogens is 322 g/mol. The minimum Gasteiger partial charge on any atom is -0.355 e. The molecule has 0 bridgehead atoms. The zero-order valence-corrected chi connectivity index (χ0v) is 15.6. The molecular formula is C17H29N5OS. The second-order valence-electron chi connectivity index (χ2n) is 7.05. The lowest BCUT2D eigenvalue weighted by Crippen LogP contribution is -2.34. The number of carbonyl (C=O) groups is 1. The van der Waals surface area contributed by atoms with Crippen LogP contribution in [0.3, 0.4) is 0 Å². The molecule has 0 unspecified atom stereocenters. The Hall–Kier alpha value is -1.24. The number of hydrogen-bond acceptors (Lipinski definition) is 5. The van der Waals surface area contributed by atoms with Gasteiger partial charge < -0.3 is 10.2 Å². The van der Waals surface area contributed by atoms with Crippen LogP contribution < -0.4 is 10.2 Å². The highest BCUT2D eigenvalue weighted by Crippen LogP contribution is 2.41. The normalized spacial score (nSPS) is 18.8. The third-order valence-corrected chi connectivity index (χ3v) is 5.75. The fourth-order valence-corrected chi connectivity index (χ4v) is 3.86. The van der Waals surface area contributed by atoms with Gasteiger partial charge in [-0.25, -0.2) is 0 Å². The highest BCUT2D eigenvalue weighted by atomic mass is 32.2. The van der Waals surface area contributed by atoms with Crippen molar-refractivity contribution in [1.82, 2.24) is 20.1 Å². The molecule has 0 atom stereocenters. The van der Waals surface area contributed by atoms with Gasteiger partial charge >= 0.3 is 0 Å². The van der Waals surface area contributed by atoms with E-state index < -0.39 is 0 Å². The van der Waals surface area contributed by atoms with Crippen molar-refractivity contribution in [3.8, 4) is 0 Å². The minimum absolute atomic E-state index is 0.0899. The van der Waals surface area contributed by atoms with Crippen LogP contribution in [-0.2, 0) is 4.79 Å². The number of carbonyl (C=O) groups excluding carboxylic acids is 1. The van der Waals surface area contributed by atoms with Crippen molar-refractivity contribution in [3.63, 3.8) is 0 Å². The van der Waals surface area contributed by atoms with Crippen LogP contribution in [0.4, 0.5) is 5.95 Å². The molecule has 0 aromatic carbocycles. The number of rotatable bonds is 8. The van der Waals surface area contributed by atoms with Crippen LogP contribution in [0.25, 0.3) is 0 Å². The van der Waals surface area contributed by atoms with E-state index in [4.69, 9.17) is 0 Å². The van der Waals surface area contributed by atoms with Gasteiger partial charge in [0.15, 0.2) is 5.16 Å². The van der Waals surface area contributed by atoms with Gasteiger partial charge in [-0.3, -0.25) is 9.36 Å². The van der Waals surface area contributed by atoms with Gasteiger partial charge in [0.2, 0.25) is 11.9 Å². The van der Waals surface area contributed by atoms with E-state index in [2.05, 4.69) is 38.8 Å². The van der Waals surface area contributed by atoms with Gasteiger partial charge in [-0.05, 0) is 38.0 Å². The van der Waals surface area contributed by atoms with Gasteiger partial charge in [0.05, 0.1) is 5.75 Å². The zero-order valence-electron chi connectivity index (χ0n) is 14.8. The molecule has 0 spiro atoms. The maximum Gasteiger partial charge on any atom is 0.230 e. The van der Waals surface area contributed by atoms with Gasteiger partial charge in [-0.2, -0.15) is 0 Å². The van der Waals surface area contributed by atoms with Crippen molar-refractivity contribution in [1.29, 1.82) is 0 Å². The largest absolute Gasteiger partial charge is 0.355 e. The predicted molar refractivity (Wildman–Crippen MR) is 97.5 cm³/mol. The molecule has 1 saturated carbocycles. The number of amides is 1. The van der Waals surface area contributed by atoms with Crippen LogP contribution in [0.5, 0.6) is 0 Å². The Morgan fingerprint density at radius 2 is 2.00 bits per heavy atom. The molecule has 1 aliphatic heterocycles. The van der Waals surface area contributed by atoms with Crippen molar-refractivity contribution in [2.45, 2.75) is 63.6 Å². The van der Waals surface area contributed by atoms with E-state index in [9.17, 15) is 4.79 Å². The molecule has 1 saturated heterocycles. The average Bonchev–Trinajstić information content (AvgIpc) is 3.33. The highest BCUT2D eigenvalue weighted by molar-refractivity contribution is 7.99. The third kappa shape index (κ3) is 4.43. The number of piperidine rings is 1. The molecule has 2 fully saturated rings.